The van der Waals surface area contributed by atoms with Gasteiger partial charge in [-0.15, -0.1) is 0 Å². The van der Waals surface area contributed by atoms with Crippen LogP contribution in [0.15, 0.2) is 35.1 Å². The molecule has 0 saturated heterocycles. The zero-order valence-corrected chi connectivity index (χ0v) is 13.9. The van der Waals surface area contributed by atoms with Gasteiger partial charge in [0, 0.05) is 11.8 Å². The van der Waals surface area contributed by atoms with Crippen molar-refractivity contribution in [3.63, 3.8) is 0 Å². The van der Waals surface area contributed by atoms with Crippen LogP contribution in [-0.4, -0.2) is 15.7 Å². The van der Waals surface area contributed by atoms with Crippen molar-refractivity contribution in [3.05, 3.63) is 57.5 Å². The van der Waals surface area contributed by atoms with Gasteiger partial charge in [0.15, 0.2) is 0 Å². The molecule has 6 nitrogen and oxygen atoms in total. The molecule has 3 N–H and O–H groups in total. The fraction of sp³-hybridized carbons (Fsp3) is 0.353. The van der Waals surface area contributed by atoms with E-state index in [9.17, 15) is 22.8 Å². The van der Waals surface area contributed by atoms with E-state index in [0.29, 0.717) is 0 Å². The van der Waals surface area contributed by atoms with Crippen LogP contribution < -0.4 is 16.6 Å². The molecule has 26 heavy (non-hydrogen) atoms. The summed E-state index contributed by atoms with van der Waals surface area (Å²) in [6.07, 6.45) is -2.87. The second-order valence-corrected chi connectivity index (χ2v) is 6.31. The van der Waals surface area contributed by atoms with Crippen LogP contribution in [0.4, 0.5) is 18.9 Å². The lowest BCUT2D eigenvalue weighted by molar-refractivity contribution is -0.137. The van der Waals surface area contributed by atoms with Gasteiger partial charge in [-0.05, 0) is 49.6 Å². The third-order valence-electron chi connectivity index (χ3n) is 4.10. The molecule has 138 valence electrons. The Bertz CT molecular complexity index is 904. The third-order valence-corrected chi connectivity index (χ3v) is 4.10. The summed E-state index contributed by atoms with van der Waals surface area (Å²) in [4.78, 5) is 24.1. The number of nitrogen functional groups attached to an aromatic ring is 1. The summed E-state index contributed by atoms with van der Waals surface area (Å²) in [5.41, 5.74) is 4.59. The number of carbonyl (C=O) groups is 1. The third kappa shape index (κ3) is 3.87. The van der Waals surface area contributed by atoms with Crippen LogP contribution in [0.5, 0.6) is 0 Å². The Kier molecular flexibility index (Phi) is 4.47. The van der Waals surface area contributed by atoms with Crippen LogP contribution in [0.3, 0.4) is 0 Å². The van der Waals surface area contributed by atoms with Crippen molar-refractivity contribution < 1.29 is 18.0 Å². The molecule has 3 rings (SSSR count). The van der Waals surface area contributed by atoms with E-state index in [1.54, 1.807) is 6.92 Å². The first-order valence-electron chi connectivity index (χ1n) is 8.03. The maximum atomic E-state index is 12.9. The van der Waals surface area contributed by atoms with Crippen LogP contribution in [0.25, 0.3) is 0 Å². The summed E-state index contributed by atoms with van der Waals surface area (Å²) in [5, 5.41) is 6.63. The molecule has 1 aliphatic rings. The smallest absolute Gasteiger partial charge is 0.399 e. The van der Waals surface area contributed by atoms with Crippen molar-refractivity contribution in [2.75, 3.05) is 5.73 Å². The number of halogens is 3. The second-order valence-electron chi connectivity index (χ2n) is 6.31. The van der Waals surface area contributed by atoms with E-state index in [0.717, 1.165) is 25.0 Å². The maximum absolute atomic E-state index is 12.9. The number of hydrogen-bond donors (Lipinski definition) is 2. The zero-order valence-electron chi connectivity index (χ0n) is 13.9. The molecular formula is C17H17F3N4O2. The van der Waals surface area contributed by atoms with Crippen LogP contribution in [0, 0.1) is 0 Å². The van der Waals surface area contributed by atoms with E-state index in [-0.39, 0.29) is 28.5 Å². The number of carbonyl (C=O) groups excluding carboxylic acids is 1. The first-order valence-corrected chi connectivity index (χ1v) is 8.03. The minimum absolute atomic E-state index is 0.0101. The maximum Gasteiger partial charge on any atom is 0.416 e. The molecule has 0 unspecified atom stereocenters. The summed E-state index contributed by atoms with van der Waals surface area (Å²) < 4.78 is 40.0. The Morgan fingerprint density at radius 1 is 1.31 bits per heavy atom. The minimum Gasteiger partial charge on any atom is -0.399 e. The van der Waals surface area contributed by atoms with E-state index in [1.165, 1.54) is 22.9 Å². The highest BCUT2D eigenvalue weighted by Crippen LogP contribution is 2.33. The normalized spacial score (nSPS) is 15.5. The molecule has 1 aliphatic carbocycles. The van der Waals surface area contributed by atoms with Crippen molar-refractivity contribution in [2.45, 2.75) is 38.0 Å². The topological polar surface area (TPSA) is 90.0 Å². The highest BCUT2D eigenvalue weighted by atomic mass is 19.4. The highest BCUT2D eigenvalue weighted by Gasteiger charge is 2.31. The molecule has 2 aromatic rings. The number of amides is 1. The number of rotatable bonds is 4. The first-order chi connectivity index (χ1) is 12.1. The van der Waals surface area contributed by atoms with Gasteiger partial charge < -0.3 is 11.1 Å². The van der Waals surface area contributed by atoms with Gasteiger partial charge in [0.25, 0.3) is 11.5 Å². The highest BCUT2D eigenvalue weighted by molar-refractivity contribution is 5.92. The van der Waals surface area contributed by atoms with E-state index >= 15 is 0 Å². The molecule has 1 saturated carbocycles. The molecule has 1 fully saturated rings. The molecule has 1 heterocycles. The van der Waals surface area contributed by atoms with Crippen LogP contribution in [-0.2, 0) is 6.18 Å². The number of benzene rings is 1. The van der Waals surface area contributed by atoms with Gasteiger partial charge in [0.05, 0.1) is 17.6 Å². The predicted octanol–water partition coefficient (Wildman–Crippen LogP) is 2.67. The predicted molar refractivity (Wildman–Crippen MR) is 88.5 cm³/mol. The molecule has 0 bridgehead atoms. The lowest BCUT2D eigenvalue weighted by atomic mass is 10.0. The average molecular weight is 366 g/mol. The SMILES string of the molecule is C[C@@H](NC(=O)c1ccc(=O)n(C2CC2)n1)c1cc(N)cc(C(F)(F)F)c1. The molecule has 0 spiro atoms. The Balaban J connectivity index is 1.81. The van der Waals surface area contributed by atoms with Crippen molar-refractivity contribution in [1.29, 1.82) is 0 Å². The van der Waals surface area contributed by atoms with Gasteiger partial charge in [-0.1, -0.05) is 0 Å². The fourth-order valence-corrected chi connectivity index (χ4v) is 2.57. The summed E-state index contributed by atoms with van der Waals surface area (Å²) >= 11 is 0. The molecule has 0 radical (unpaired) electrons. The molecule has 1 aromatic heterocycles. The van der Waals surface area contributed by atoms with E-state index in [1.807, 2.05) is 0 Å². The molecule has 1 amide bonds. The standard InChI is InChI=1S/C17H17F3N4O2/c1-9(10-6-11(17(18,19)20)8-12(21)7-10)22-16(26)14-4-5-15(25)24(23-14)13-2-3-13/h4-9,13H,2-3,21H2,1H3,(H,22,26)/t9-/m1/s1. The molecule has 1 aromatic carbocycles. The van der Waals surface area contributed by atoms with E-state index in [4.69, 9.17) is 5.73 Å². The van der Waals surface area contributed by atoms with E-state index < -0.39 is 23.7 Å². The van der Waals surface area contributed by atoms with Crippen molar-refractivity contribution >= 4 is 11.6 Å². The number of nitrogens with one attached hydrogen (secondary N) is 1. The van der Waals surface area contributed by atoms with Crippen LogP contribution >= 0.6 is 0 Å². The molecular weight excluding hydrogens is 349 g/mol. The number of anilines is 1. The van der Waals surface area contributed by atoms with E-state index in [2.05, 4.69) is 10.4 Å². The summed E-state index contributed by atoms with van der Waals surface area (Å²) in [7, 11) is 0. The largest absolute Gasteiger partial charge is 0.416 e. The number of hydrogen-bond acceptors (Lipinski definition) is 4. The molecule has 1 atom stereocenters. The summed E-state index contributed by atoms with van der Waals surface area (Å²) in [6, 6.07) is 4.99. The van der Waals surface area contributed by atoms with Gasteiger partial charge in [0.2, 0.25) is 0 Å². The van der Waals surface area contributed by atoms with Crippen molar-refractivity contribution in [3.8, 4) is 0 Å². The van der Waals surface area contributed by atoms with Gasteiger partial charge in [-0.2, -0.15) is 18.3 Å². The lowest BCUT2D eigenvalue weighted by Crippen LogP contribution is -2.31. The Labute approximate surface area is 146 Å². The van der Waals surface area contributed by atoms with Crippen molar-refractivity contribution in [2.24, 2.45) is 0 Å². The number of aromatic nitrogens is 2. The van der Waals surface area contributed by atoms with Gasteiger partial charge >= 0.3 is 6.18 Å². The van der Waals surface area contributed by atoms with Gasteiger partial charge in [-0.25, -0.2) is 4.68 Å². The van der Waals surface area contributed by atoms with Gasteiger partial charge in [-0.3, -0.25) is 9.59 Å². The summed E-state index contributed by atoms with van der Waals surface area (Å²) in [6.45, 7) is 1.55. The Hall–Kier alpha value is -2.84. The Morgan fingerprint density at radius 2 is 2.00 bits per heavy atom. The fourth-order valence-electron chi connectivity index (χ4n) is 2.57. The first kappa shape index (κ1) is 18.0. The number of alkyl halides is 3. The molecule has 0 aliphatic heterocycles. The van der Waals surface area contributed by atoms with Crippen LogP contribution in [0.2, 0.25) is 0 Å². The van der Waals surface area contributed by atoms with Gasteiger partial charge in [0.1, 0.15) is 5.69 Å². The summed E-state index contributed by atoms with van der Waals surface area (Å²) in [5.74, 6) is -0.581. The zero-order chi connectivity index (χ0) is 19.1. The number of nitrogens with two attached hydrogens (primary N) is 1. The monoisotopic (exact) mass is 366 g/mol. The number of nitrogens with zero attached hydrogens (tertiary/aromatic N) is 2. The van der Waals surface area contributed by atoms with Crippen molar-refractivity contribution in [1.82, 2.24) is 15.1 Å². The molecule has 9 heteroatoms. The Morgan fingerprint density at radius 3 is 2.62 bits per heavy atom. The average Bonchev–Trinajstić information content (AvgIpc) is 3.38. The minimum atomic E-state index is -4.53. The van der Waals surface area contributed by atoms with Crippen LogP contribution in [0.1, 0.15) is 53.5 Å². The quantitative estimate of drug-likeness (QED) is 0.814. The lowest BCUT2D eigenvalue weighted by Gasteiger charge is -2.17. The second kappa shape index (κ2) is 6.47.